The second-order valence-electron chi connectivity index (χ2n) is 6.56. The van der Waals surface area contributed by atoms with Crippen molar-refractivity contribution in [3.63, 3.8) is 0 Å². The molecular formula is C21H26O7. The summed E-state index contributed by atoms with van der Waals surface area (Å²) in [6, 6.07) is 5.15. The van der Waals surface area contributed by atoms with Crippen LogP contribution in [0.4, 0.5) is 0 Å². The summed E-state index contributed by atoms with van der Waals surface area (Å²) in [4.78, 5) is 34.6. The highest BCUT2D eigenvalue weighted by Gasteiger charge is 2.34. The number of rotatable bonds is 10. The van der Waals surface area contributed by atoms with Crippen LogP contribution in [0.25, 0.3) is 6.08 Å². The van der Waals surface area contributed by atoms with Crippen LogP contribution in [0.5, 0.6) is 11.5 Å². The van der Waals surface area contributed by atoms with Crippen molar-refractivity contribution < 1.29 is 33.3 Å². The van der Waals surface area contributed by atoms with Gasteiger partial charge >= 0.3 is 17.9 Å². The Kier molecular flexibility index (Phi) is 8.04. The summed E-state index contributed by atoms with van der Waals surface area (Å²) in [6.45, 7) is 4.55. The summed E-state index contributed by atoms with van der Waals surface area (Å²) in [5.41, 5.74) is 0.709. The fraction of sp³-hybridized carbons (Fsp3) is 0.476. The van der Waals surface area contributed by atoms with Gasteiger partial charge in [0.25, 0.3) is 0 Å². The average molecular weight is 390 g/mol. The molecule has 0 aromatic heterocycles. The Labute approximate surface area is 164 Å². The van der Waals surface area contributed by atoms with Crippen LogP contribution in [0.15, 0.2) is 24.3 Å². The Balaban J connectivity index is 1.98. The number of carbonyl (C=O) groups is 3. The van der Waals surface area contributed by atoms with Gasteiger partial charge in [-0.3, -0.25) is 9.59 Å². The third-order valence-corrected chi connectivity index (χ3v) is 4.62. The van der Waals surface area contributed by atoms with Crippen molar-refractivity contribution in [3.8, 4) is 11.5 Å². The highest BCUT2D eigenvalue weighted by Crippen LogP contribution is 2.30. The van der Waals surface area contributed by atoms with E-state index >= 15 is 0 Å². The molecule has 28 heavy (non-hydrogen) atoms. The standard InChI is InChI=1S/C21H26O7/c1-4-14(5-2)12-27-19(22)9-7-15-6-8-17(25-3)18(10-15)26-13-16-11-20(23)28-21(16)24/h6-10,14,16H,4-5,11-13H2,1-3H3. The van der Waals surface area contributed by atoms with Crippen LogP contribution in [0.2, 0.25) is 0 Å². The maximum absolute atomic E-state index is 11.9. The van der Waals surface area contributed by atoms with Crippen molar-refractivity contribution in [3.05, 3.63) is 29.8 Å². The van der Waals surface area contributed by atoms with Gasteiger partial charge in [0.1, 0.15) is 12.5 Å². The van der Waals surface area contributed by atoms with Gasteiger partial charge in [0, 0.05) is 6.08 Å². The molecule has 2 rings (SSSR count). The molecule has 7 heteroatoms. The fourth-order valence-corrected chi connectivity index (χ4v) is 2.69. The normalized spacial score (nSPS) is 16.5. The van der Waals surface area contributed by atoms with Crippen LogP contribution in [0.1, 0.15) is 38.7 Å². The number of methoxy groups -OCH3 is 1. The van der Waals surface area contributed by atoms with Crippen LogP contribution in [-0.2, 0) is 23.9 Å². The number of esters is 3. The quantitative estimate of drug-likeness (QED) is 0.344. The molecule has 0 bridgehead atoms. The lowest BCUT2D eigenvalue weighted by Gasteiger charge is -2.13. The number of carbonyl (C=O) groups excluding carboxylic acids is 3. The van der Waals surface area contributed by atoms with Gasteiger partial charge in [0.2, 0.25) is 0 Å². The van der Waals surface area contributed by atoms with Crippen molar-refractivity contribution in [1.29, 1.82) is 0 Å². The van der Waals surface area contributed by atoms with Crippen molar-refractivity contribution in [2.75, 3.05) is 20.3 Å². The van der Waals surface area contributed by atoms with E-state index in [1.165, 1.54) is 13.2 Å². The molecule has 1 heterocycles. The third-order valence-electron chi connectivity index (χ3n) is 4.62. The van der Waals surface area contributed by atoms with E-state index in [9.17, 15) is 14.4 Å². The molecule has 1 unspecified atom stereocenters. The molecule has 1 saturated heterocycles. The zero-order valence-corrected chi connectivity index (χ0v) is 16.4. The fourth-order valence-electron chi connectivity index (χ4n) is 2.69. The lowest BCUT2D eigenvalue weighted by Crippen LogP contribution is -2.17. The van der Waals surface area contributed by atoms with Crippen molar-refractivity contribution >= 4 is 24.0 Å². The molecular weight excluding hydrogens is 364 g/mol. The van der Waals surface area contributed by atoms with Gasteiger partial charge in [-0.05, 0) is 29.7 Å². The molecule has 0 amide bonds. The topological polar surface area (TPSA) is 88.1 Å². The molecule has 0 spiro atoms. The Morgan fingerprint density at radius 3 is 2.61 bits per heavy atom. The summed E-state index contributed by atoms with van der Waals surface area (Å²) in [7, 11) is 1.50. The van der Waals surface area contributed by atoms with E-state index in [-0.39, 0.29) is 13.0 Å². The van der Waals surface area contributed by atoms with E-state index in [1.807, 2.05) is 0 Å². The van der Waals surface area contributed by atoms with Crippen LogP contribution >= 0.6 is 0 Å². The van der Waals surface area contributed by atoms with E-state index in [2.05, 4.69) is 18.6 Å². The van der Waals surface area contributed by atoms with Gasteiger partial charge in [-0.2, -0.15) is 0 Å². The minimum absolute atomic E-state index is 0.00307. The summed E-state index contributed by atoms with van der Waals surface area (Å²) in [5, 5.41) is 0. The smallest absolute Gasteiger partial charge is 0.330 e. The molecule has 1 aliphatic heterocycles. The molecule has 1 atom stereocenters. The van der Waals surface area contributed by atoms with Crippen LogP contribution in [-0.4, -0.2) is 38.2 Å². The van der Waals surface area contributed by atoms with Crippen LogP contribution < -0.4 is 9.47 Å². The van der Waals surface area contributed by atoms with Crippen molar-refractivity contribution in [2.45, 2.75) is 33.1 Å². The molecule has 0 N–H and O–H groups in total. The van der Waals surface area contributed by atoms with Crippen LogP contribution in [0, 0.1) is 11.8 Å². The summed E-state index contributed by atoms with van der Waals surface area (Å²) < 4.78 is 20.7. The number of benzene rings is 1. The average Bonchev–Trinajstić information content (AvgIpc) is 3.02. The maximum atomic E-state index is 11.9. The second kappa shape index (κ2) is 10.5. The van der Waals surface area contributed by atoms with E-state index < -0.39 is 23.8 Å². The largest absolute Gasteiger partial charge is 0.493 e. The second-order valence-corrected chi connectivity index (χ2v) is 6.56. The van der Waals surface area contributed by atoms with Crippen molar-refractivity contribution in [1.82, 2.24) is 0 Å². The van der Waals surface area contributed by atoms with Gasteiger partial charge in [-0.25, -0.2) is 4.79 Å². The summed E-state index contributed by atoms with van der Waals surface area (Å²) in [5.74, 6) is -0.913. The lowest BCUT2D eigenvalue weighted by atomic mass is 10.1. The molecule has 0 saturated carbocycles. The minimum atomic E-state index is -0.628. The Bertz CT molecular complexity index is 734. The molecule has 1 aliphatic rings. The zero-order valence-electron chi connectivity index (χ0n) is 16.4. The minimum Gasteiger partial charge on any atom is -0.493 e. The predicted octanol–water partition coefficient (Wildman–Crippen LogP) is 3.16. The van der Waals surface area contributed by atoms with Gasteiger partial charge in [0.15, 0.2) is 11.5 Å². The number of ether oxygens (including phenoxy) is 4. The SMILES string of the molecule is CCC(CC)COC(=O)C=Cc1ccc(OC)c(OCC2CC(=O)OC2=O)c1. The molecule has 7 nitrogen and oxygen atoms in total. The van der Waals surface area contributed by atoms with Gasteiger partial charge in [-0.15, -0.1) is 0 Å². The van der Waals surface area contributed by atoms with E-state index in [4.69, 9.17) is 14.2 Å². The third kappa shape index (κ3) is 6.11. The molecule has 152 valence electrons. The van der Waals surface area contributed by atoms with Gasteiger partial charge in [0.05, 0.1) is 20.1 Å². The lowest BCUT2D eigenvalue weighted by molar-refractivity contribution is -0.153. The molecule has 0 radical (unpaired) electrons. The van der Waals surface area contributed by atoms with E-state index in [0.29, 0.717) is 29.6 Å². The summed E-state index contributed by atoms with van der Waals surface area (Å²) >= 11 is 0. The first-order chi connectivity index (χ1) is 13.5. The Morgan fingerprint density at radius 1 is 1.25 bits per heavy atom. The highest BCUT2D eigenvalue weighted by molar-refractivity contribution is 5.94. The van der Waals surface area contributed by atoms with Gasteiger partial charge in [-0.1, -0.05) is 32.8 Å². The zero-order chi connectivity index (χ0) is 20.5. The first-order valence-corrected chi connectivity index (χ1v) is 9.36. The molecule has 1 aromatic carbocycles. The monoisotopic (exact) mass is 390 g/mol. The molecule has 0 aliphatic carbocycles. The van der Waals surface area contributed by atoms with Crippen molar-refractivity contribution in [2.24, 2.45) is 11.8 Å². The Morgan fingerprint density at radius 2 is 2.00 bits per heavy atom. The first kappa shape index (κ1) is 21.5. The molecule has 1 aromatic rings. The number of cyclic esters (lactones) is 2. The maximum Gasteiger partial charge on any atom is 0.330 e. The highest BCUT2D eigenvalue weighted by atomic mass is 16.6. The Hall–Kier alpha value is -2.83. The first-order valence-electron chi connectivity index (χ1n) is 9.36. The number of hydrogen-bond acceptors (Lipinski definition) is 7. The van der Waals surface area contributed by atoms with E-state index in [0.717, 1.165) is 12.8 Å². The van der Waals surface area contributed by atoms with Crippen LogP contribution in [0.3, 0.4) is 0 Å². The number of hydrogen-bond donors (Lipinski definition) is 0. The summed E-state index contributed by atoms with van der Waals surface area (Å²) in [6.07, 6.45) is 4.92. The van der Waals surface area contributed by atoms with E-state index in [1.54, 1.807) is 24.3 Å². The predicted molar refractivity (Wildman–Crippen MR) is 102 cm³/mol. The molecule has 1 fully saturated rings. The van der Waals surface area contributed by atoms with Gasteiger partial charge < -0.3 is 18.9 Å².